The van der Waals surface area contributed by atoms with E-state index >= 15 is 0 Å². The predicted octanol–water partition coefficient (Wildman–Crippen LogP) is 0.0658. The maximum atomic E-state index is 12.9. The molecule has 1 heterocycles. The van der Waals surface area contributed by atoms with Crippen molar-refractivity contribution in [1.82, 2.24) is 9.80 Å². The molecule has 0 radical (unpaired) electrons. The lowest BCUT2D eigenvalue weighted by atomic mass is 9.79. The number of nitrogens with two attached hydrogens (primary N) is 1. The Kier molecular flexibility index (Phi) is 6.91. The first-order valence-electron chi connectivity index (χ1n) is 7.66. The van der Waals surface area contributed by atoms with Gasteiger partial charge in [0, 0.05) is 26.2 Å². The van der Waals surface area contributed by atoms with E-state index in [1.165, 1.54) is 0 Å². The highest BCUT2D eigenvalue weighted by atomic mass is 16.4. The Hall–Kier alpha value is -1.34. The van der Waals surface area contributed by atoms with Crippen LogP contribution in [-0.2, 0) is 4.79 Å². The van der Waals surface area contributed by atoms with Gasteiger partial charge in [0.15, 0.2) is 5.84 Å². The molecular formula is C14H28N4O3. The zero-order valence-corrected chi connectivity index (χ0v) is 13.1. The number of aliphatic hydroxyl groups is 1. The molecule has 21 heavy (non-hydrogen) atoms. The first kappa shape index (κ1) is 17.7. The lowest BCUT2D eigenvalue weighted by molar-refractivity contribution is -0.138. The molecule has 4 N–H and O–H groups in total. The van der Waals surface area contributed by atoms with Crippen LogP contribution in [0.5, 0.6) is 0 Å². The minimum atomic E-state index is -0.916. The number of amides is 1. The van der Waals surface area contributed by atoms with Crippen molar-refractivity contribution in [2.24, 2.45) is 16.3 Å². The van der Waals surface area contributed by atoms with Crippen LogP contribution in [0.4, 0.5) is 0 Å². The van der Waals surface area contributed by atoms with Gasteiger partial charge in [-0.15, -0.1) is 0 Å². The van der Waals surface area contributed by atoms with E-state index in [-0.39, 0.29) is 18.3 Å². The van der Waals surface area contributed by atoms with Crippen LogP contribution in [0, 0.1) is 5.41 Å². The Labute approximate surface area is 126 Å². The number of hydrogen-bond donors (Lipinski definition) is 3. The van der Waals surface area contributed by atoms with Gasteiger partial charge < -0.3 is 20.9 Å². The Morgan fingerprint density at radius 3 is 2.43 bits per heavy atom. The molecule has 1 rings (SSSR count). The summed E-state index contributed by atoms with van der Waals surface area (Å²) in [6.45, 7) is 7.43. The van der Waals surface area contributed by atoms with Crippen LogP contribution in [0.25, 0.3) is 0 Å². The summed E-state index contributed by atoms with van der Waals surface area (Å²) in [4.78, 5) is 16.8. The highest BCUT2D eigenvalue weighted by Gasteiger charge is 2.42. The number of nitrogens with zero attached hydrogens (tertiary/aromatic N) is 3. The van der Waals surface area contributed by atoms with E-state index in [1.807, 2.05) is 18.7 Å². The van der Waals surface area contributed by atoms with Crippen molar-refractivity contribution in [1.29, 1.82) is 0 Å². The number of amidine groups is 1. The topological polar surface area (TPSA) is 102 Å². The summed E-state index contributed by atoms with van der Waals surface area (Å²) in [6, 6.07) is 0. The molecular weight excluding hydrogens is 272 g/mol. The smallest absolute Gasteiger partial charge is 0.236 e. The molecule has 0 aliphatic carbocycles. The summed E-state index contributed by atoms with van der Waals surface area (Å²) < 4.78 is 0. The molecule has 1 fully saturated rings. The Bertz CT molecular complexity index is 369. The van der Waals surface area contributed by atoms with E-state index in [0.29, 0.717) is 32.5 Å². The molecule has 0 aromatic carbocycles. The Morgan fingerprint density at radius 2 is 1.90 bits per heavy atom. The number of carbonyl (C=O) groups excluding carboxylic acids is 1. The van der Waals surface area contributed by atoms with Gasteiger partial charge in [-0.3, -0.25) is 9.69 Å². The molecule has 1 aliphatic heterocycles. The van der Waals surface area contributed by atoms with Crippen LogP contribution in [0.3, 0.4) is 0 Å². The Morgan fingerprint density at radius 1 is 1.24 bits per heavy atom. The summed E-state index contributed by atoms with van der Waals surface area (Å²) in [5, 5.41) is 21.1. The molecule has 0 atom stereocenters. The monoisotopic (exact) mass is 300 g/mol. The van der Waals surface area contributed by atoms with Gasteiger partial charge >= 0.3 is 0 Å². The summed E-state index contributed by atoms with van der Waals surface area (Å²) in [5.74, 6) is -0.0670. The minimum absolute atomic E-state index is 0.00559. The fourth-order valence-electron chi connectivity index (χ4n) is 2.96. The van der Waals surface area contributed by atoms with Gasteiger partial charge in [0.1, 0.15) is 5.41 Å². The van der Waals surface area contributed by atoms with Crippen molar-refractivity contribution in [2.45, 2.75) is 33.1 Å². The highest BCUT2D eigenvalue weighted by Crippen LogP contribution is 2.30. The number of β-amino-alcohol motifs (C(OH)–C–C–N with tert-alkyl or cyclic N) is 1. The lowest BCUT2D eigenvalue weighted by Gasteiger charge is -2.34. The Balaban J connectivity index is 2.85. The normalized spacial score (nSPS) is 18.6. The van der Waals surface area contributed by atoms with Crippen molar-refractivity contribution in [2.75, 3.05) is 39.3 Å². The first-order chi connectivity index (χ1) is 10.1. The molecule has 122 valence electrons. The van der Waals surface area contributed by atoms with E-state index in [0.717, 1.165) is 19.5 Å². The van der Waals surface area contributed by atoms with E-state index in [2.05, 4.69) is 10.1 Å². The largest absolute Gasteiger partial charge is 0.409 e. The van der Waals surface area contributed by atoms with Gasteiger partial charge in [-0.05, 0) is 25.8 Å². The summed E-state index contributed by atoms with van der Waals surface area (Å²) in [6.07, 6.45) is 1.88. The lowest BCUT2D eigenvalue weighted by Crippen LogP contribution is -2.51. The second kappa shape index (κ2) is 8.19. The number of carbonyl (C=O) groups is 1. The van der Waals surface area contributed by atoms with E-state index < -0.39 is 5.41 Å². The number of oxime groups is 1. The second-order valence-corrected chi connectivity index (χ2v) is 5.49. The zero-order chi connectivity index (χ0) is 15.9. The van der Waals surface area contributed by atoms with Crippen molar-refractivity contribution >= 4 is 11.7 Å². The molecule has 1 amide bonds. The van der Waals surface area contributed by atoms with Gasteiger partial charge in [-0.25, -0.2) is 0 Å². The third-order valence-corrected chi connectivity index (χ3v) is 4.51. The molecule has 0 aromatic rings. The van der Waals surface area contributed by atoms with Crippen molar-refractivity contribution in [3.05, 3.63) is 0 Å². The molecule has 1 saturated heterocycles. The van der Waals surface area contributed by atoms with Gasteiger partial charge in [-0.2, -0.15) is 0 Å². The highest BCUT2D eigenvalue weighted by molar-refractivity contribution is 6.06. The summed E-state index contributed by atoms with van der Waals surface area (Å²) in [7, 11) is 0. The maximum Gasteiger partial charge on any atom is 0.236 e. The van der Waals surface area contributed by atoms with Gasteiger partial charge in [0.25, 0.3) is 0 Å². The fourth-order valence-corrected chi connectivity index (χ4v) is 2.96. The number of hydrogen-bond acceptors (Lipinski definition) is 5. The second-order valence-electron chi connectivity index (χ2n) is 5.49. The molecule has 0 aromatic heterocycles. The van der Waals surface area contributed by atoms with E-state index in [9.17, 15) is 4.79 Å². The van der Waals surface area contributed by atoms with Crippen LogP contribution >= 0.6 is 0 Å². The molecule has 7 nitrogen and oxygen atoms in total. The summed E-state index contributed by atoms with van der Waals surface area (Å²) >= 11 is 0. The van der Waals surface area contributed by atoms with Crippen molar-refractivity contribution in [3.8, 4) is 0 Å². The standard InChI is InChI=1S/C14H28N4O3/c1-3-14(4-2,12(15)16-21)13(20)18-7-5-6-17(8-9-18)10-11-19/h19,21H,3-11H2,1-2H3,(H2,15,16). The molecule has 0 spiro atoms. The van der Waals surface area contributed by atoms with Crippen LogP contribution in [0.1, 0.15) is 33.1 Å². The van der Waals surface area contributed by atoms with E-state index in [1.54, 1.807) is 0 Å². The van der Waals surface area contributed by atoms with Crippen LogP contribution in [0.15, 0.2) is 5.16 Å². The average molecular weight is 300 g/mol. The van der Waals surface area contributed by atoms with Gasteiger partial charge in [0.05, 0.1) is 6.61 Å². The maximum absolute atomic E-state index is 12.9. The summed E-state index contributed by atoms with van der Waals surface area (Å²) in [5.41, 5.74) is 4.89. The molecule has 0 saturated carbocycles. The van der Waals surface area contributed by atoms with Crippen LogP contribution in [0.2, 0.25) is 0 Å². The first-order valence-corrected chi connectivity index (χ1v) is 7.66. The predicted molar refractivity (Wildman–Crippen MR) is 81.1 cm³/mol. The van der Waals surface area contributed by atoms with Crippen molar-refractivity contribution in [3.63, 3.8) is 0 Å². The van der Waals surface area contributed by atoms with Gasteiger partial charge in [-0.1, -0.05) is 19.0 Å². The fraction of sp³-hybridized carbons (Fsp3) is 0.857. The average Bonchev–Trinajstić information content (AvgIpc) is 2.74. The number of aliphatic hydroxyl groups excluding tert-OH is 1. The van der Waals surface area contributed by atoms with Gasteiger partial charge in [0.2, 0.25) is 5.91 Å². The van der Waals surface area contributed by atoms with E-state index in [4.69, 9.17) is 16.0 Å². The quantitative estimate of drug-likeness (QED) is 0.279. The van der Waals surface area contributed by atoms with Crippen LogP contribution < -0.4 is 5.73 Å². The van der Waals surface area contributed by atoms with Crippen LogP contribution in [-0.4, -0.2) is 71.2 Å². The number of rotatable bonds is 6. The SMILES string of the molecule is CCC(CC)(C(=O)N1CCCN(CCO)CC1)C(N)=NO. The minimum Gasteiger partial charge on any atom is -0.409 e. The van der Waals surface area contributed by atoms with Crippen molar-refractivity contribution < 1.29 is 15.1 Å². The zero-order valence-electron chi connectivity index (χ0n) is 13.1. The molecule has 1 aliphatic rings. The third-order valence-electron chi connectivity index (χ3n) is 4.51. The molecule has 7 heteroatoms. The third kappa shape index (κ3) is 3.85. The molecule has 0 unspecified atom stereocenters. The molecule has 0 bridgehead atoms.